The molecule has 0 radical (unpaired) electrons. The number of methoxy groups -OCH3 is 1. The van der Waals surface area contributed by atoms with Crippen LogP contribution >= 0.6 is 11.8 Å². The van der Waals surface area contributed by atoms with E-state index in [9.17, 15) is 4.79 Å². The third-order valence-electron chi connectivity index (χ3n) is 4.61. The minimum atomic E-state index is 0.0375. The number of aryl methyl sites for hydroxylation is 2. The van der Waals surface area contributed by atoms with Gasteiger partial charge in [-0.25, -0.2) is 0 Å². The Balaban J connectivity index is 1.61. The van der Waals surface area contributed by atoms with Crippen LogP contribution in [0.25, 0.3) is 5.69 Å². The summed E-state index contributed by atoms with van der Waals surface area (Å²) in [5.41, 5.74) is 4.49. The molecule has 6 nitrogen and oxygen atoms in total. The summed E-state index contributed by atoms with van der Waals surface area (Å²) in [5.74, 6) is 1.14. The van der Waals surface area contributed by atoms with Gasteiger partial charge in [0, 0.05) is 19.3 Å². The quantitative estimate of drug-likeness (QED) is 0.571. The Labute approximate surface area is 169 Å². The van der Waals surface area contributed by atoms with Crippen LogP contribution in [0.1, 0.15) is 16.7 Å². The van der Waals surface area contributed by atoms with Gasteiger partial charge in [0.05, 0.1) is 12.9 Å². The number of nitrogens with zero attached hydrogens (tertiary/aromatic N) is 4. The monoisotopic (exact) mass is 396 g/mol. The second kappa shape index (κ2) is 8.93. The molecule has 1 amide bonds. The normalized spacial score (nSPS) is 10.7. The lowest BCUT2D eigenvalue weighted by molar-refractivity contribution is -0.127. The number of benzene rings is 2. The maximum Gasteiger partial charge on any atom is 0.233 e. The van der Waals surface area contributed by atoms with Crippen LogP contribution in [0.15, 0.2) is 53.9 Å². The molecule has 0 saturated carbocycles. The number of rotatable bonds is 7. The number of amides is 1. The van der Waals surface area contributed by atoms with Crippen molar-refractivity contribution in [3.05, 3.63) is 65.5 Å². The van der Waals surface area contributed by atoms with Crippen LogP contribution in [-0.4, -0.2) is 45.5 Å². The highest BCUT2D eigenvalue weighted by Gasteiger charge is 2.14. The molecular formula is C21H24N4O2S. The van der Waals surface area contributed by atoms with Crippen molar-refractivity contribution in [2.45, 2.75) is 25.5 Å². The molecule has 0 aliphatic rings. The fourth-order valence-corrected chi connectivity index (χ4v) is 3.57. The Hall–Kier alpha value is -2.80. The van der Waals surface area contributed by atoms with E-state index in [0.717, 1.165) is 17.0 Å². The summed E-state index contributed by atoms with van der Waals surface area (Å²) in [6.45, 7) is 4.71. The predicted molar refractivity (Wildman–Crippen MR) is 111 cm³/mol. The van der Waals surface area contributed by atoms with E-state index in [-0.39, 0.29) is 5.91 Å². The highest BCUT2D eigenvalue weighted by atomic mass is 32.2. The van der Waals surface area contributed by atoms with Crippen LogP contribution in [0, 0.1) is 13.8 Å². The molecule has 0 spiro atoms. The van der Waals surface area contributed by atoms with Gasteiger partial charge in [0.15, 0.2) is 5.16 Å². The molecule has 0 aliphatic carbocycles. The van der Waals surface area contributed by atoms with Crippen LogP contribution in [0.4, 0.5) is 0 Å². The summed E-state index contributed by atoms with van der Waals surface area (Å²) in [7, 11) is 3.44. The van der Waals surface area contributed by atoms with Crippen LogP contribution in [0.2, 0.25) is 0 Å². The van der Waals surface area contributed by atoms with Gasteiger partial charge in [-0.1, -0.05) is 30.0 Å². The van der Waals surface area contributed by atoms with Gasteiger partial charge >= 0.3 is 0 Å². The minimum absolute atomic E-state index is 0.0375. The molecule has 0 fully saturated rings. The van der Waals surface area contributed by atoms with E-state index in [0.29, 0.717) is 17.5 Å². The molecule has 0 unspecified atom stereocenters. The molecule has 2 aromatic carbocycles. The van der Waals surface area contributed by atoms with Crippen molar-refractivity contribution in [2.24, 2.45) is 0 Å². The topological polar surface area (TPSA) is 60.2 Å². The number of hydrogen-bond acceptors (Lipinski definition) is 5. The largest absolute Gasteiger partial charge is 0.497 e. The van der Waals surface area contributed by atoms with E-state index < -0.39 is 0 Å². The van der Waals surface area contributed by atoms with E-state index in [2.05, 4.69) is 36.2 Å². The Bertz CT molecular complexity index is 953. The molecule has 0 atom stereocenters. The second-order valence-electron chi connectivity index (χ2n) is 6.64. The molecule has 0 N–H and O–H groups in total. The van der Waals surface area contributed by atoms with Crippen molar-refractivity contribution in [1.29, 1.82) is 0 Å². The van der Waals surface area contributed by atoms with Gasteiger partial charge in [0.1, 0.15) is 12.1 Å². The number of hydrogen-bond donors (Lipinski definition) is 0. The maximum atomic E-state index is 12.5. The molecule has 146 valence electrons. The number of carbonyl (C=O) groups excluding carboxylic acids is 1. The van der Waals surface area contributed by atoms with Crippen molar-refractivity contribution in [1.82, 2.24) is 19.7 Å². The summed E-state index contributed by atoms with van der Waals surface area (Å²) < 4.78 is 7.07. The number of ether oxygens (including phenoxy) is 1. The van der Waals surface area contributed by atoms with Gasteiger partial charge in [-0.05, 0) is 54.8 Å². The highest BCUT2D eigenvalue weighted by Crippen LogP contribution is 2.22. The molecule has 0 aliphatic heterocycles. The van der Waals surface area contributed by atoms with Crippen molar-refractivity contribution < 1.29 is 9.53 Å². The Morgan fingerprint density at radius 1 is 1.14 bits per heavy atom. The van der Waals surface area contributed by atoms with E-state index in [1.807, 2.05) is 34.9 Å². The van der Waals surface area contributed by atoms with Crippen molar-refractivity contribution >= 4 is 17.7 Å². The Morgan fingerprint density at radius 2 is 1.89 bits per heavy atom. The lowest BCUT2D eigenvalue weighted by Crippen LogP contribution is -2.27. The molecule has 0 bridgehead atoms. The average molecular weight is 397 g/mol. The number of thioether (sulfide) groups is 1. The fraction of sp³-hybridized carbons (Fsp3) is 0.286. The predicted octanol–water partition coefficient (Wildman–Crippen LogP) is 3.64. The van der Waals surface area contributed by atoms with Crippen LogP contribution in [0.5, 0.6) is 5.75 Å². The summed E-state index contributed by atoms with van der Waals surface area (Å²) in [5, 5.41) is 8.89. The number of carbonyl (C=O) groups is 1. The van der Waals surface area contributed by atoms with Crippen LogP contribution in [-0.2, 0) is 11.3 Å². The van der Waals surface area contributed by atoms with Crippen molar-refractivity contribution in [3.63, 3.8) is 0 Å². The lowest BCUT2D eigenvalue weighted by Gasteiger charge is -2.17. The first kappa shape index (κ1) is 19.9. The van der Waals surface area contributed by atoms with Gasteiger partial charge in [0.2, 0.25) is 5.91 Å². The van der Waals surface area contributed by atoms with E-state index in [1.165, 1.54) is 22.9 Å². The zero-order valence-electron chi connectivity index (χ0n) is 16.5. The van der Waals surface area contributed by atoms with E-state index >= 15 is 0 Å². The molecule has 0 saturated heterocycles. The molecule has 3 rings (SSSR count). The highest BCUT2D eigenvalue weighted by molar-refractivity contribution is 7.99. The first-order chi connectivity index (χ1) is 13.5. The maximum absolute atomic E-state index is 12.5. The molecule has 1 aromatic heterocycles. The zero-order chi connectivity index (χ0) is 20.1. The molecular weight excluding hydrogens is 372 g/mol. The Kier molecular flexibility index (Phi) is 6.36. The molecule has 1 heterocycles. The lowest BCUT2D eigenvalue weighted by atomic mass is 10.1. The standard InChI is InChI=1S/C21H24N4O2S/c1-15-5-8-18(11-16(15)2)25-14-22-23-21(25)28-13-20(26)24(3)12-17-6-9-19(27-4)10-7-17/h5-11,14H,12-13H2,1-4H3. The number of aromatic nitrogens is 3. The summed E-state index contributed by atoms with van der Waals surface area (Å²) in [4.78, 5) is 14.2. The Morgan fingerprint density at radius 3 is 2.57 bits per heavy atom. The third-order valence-corrected chi connectivity index (χ3v) is 5.54. The van der Waals surface area contributed by atoms with Gasteiger partial charge < -0.3 is 9.64 Å². The fourth-order valence-electron chi connectivity index (χ4n) is 2.70. The van der Waals surface area contributed by atoms with Crippen molar-refractivity contribution in [2.75, 3.05) is 19.9 Å². The van der Waals surface area contributed by atoms with Crippen LogP contribution < -0.4 is 4.74 Å². The first-order valence-corrected chi connectivity index (χ1v) is 9.94. The summed E-state index contributed by atoms with van der Waals surface area (Å²) in [6, 6.07) is 13.9. The van der Waals surface area contributed by atoms with E-state index in [1.54, 1.807) is 25.4 Å². The van der Waals surface area contributed by atoms with Gasteiger partial charge in [-0.3, -0.25) is 9.36 Å². The van der Waals surface area contributed by atoms with Gasteiger partial charge in [-0.2, -0.15) is 0 Å². The molecule has 3 aromatic rings. The smallest absolute Gasteiger partial charge is 0.233 e. The van der Waals surface area contributed by atoms with Crippen LogP contribution in [0.3, 0.4) is 0 Å². The first-order valence-electron chi connectivity index (χ1n) is 8.95. The minimum Gasteiger partial charge on any atom is -0.497 e. The molecule has 28 heavy (non-hydrogen) atoms. The zero-order valence-corrected chi connectivity index (χ0v) is 17.4. The summed E-state index contributed by atoms with van der Waals surface area (Å²) in [6.07, 6.45) is 1.68. The van der Waals surface area contributed by atoms with Crippen molar-refractivity contribution in [3.8, 4) is 11.4 Å². The second-order valence-corrected chi connectivity index (χ2v) is 7.58. The van der Waals surface area contributed by atoms with Gasteiger partial charge in [0.25, 0.3) is 0 Å². The van der Waals surface area contributed by atoms with E-state index in [4.69, 9.17) is 4.74 Å². The average Bonchev–Trinajstić information content (AvgIpc) is 3.17. The van der Waals surface area contributed by atoms with Gasteiger partial charge in [-0.15, -0.1) is 10.2 Å². The summed E-state index contributed by atoms with van der Waals surface area (Å²) >= 11 is 1.39. The molecule has 7 heteroatoms. The third kappa shape index (κ3) is 4.72. The SMILES string of the molecule is COc1ccc(CN(C)C(=O)CSc2nncn2-c2ccc(C)c(C)c2)cc1.